The number of fused-ring (bicyclic) bond motifs is 1. The van der Waals surface area contributed by atoms with Gasteiger partial charge in [0, 0.05) is 18.1 Å². The lowest BCUT2D eigenvalue weighted by molar-refractivity contribution is -0.00518. The van der Waals surface area contributed by atoms with Crippen molar-refractivity contribution in [1.29, 1.82) is 0 Å². The normalized spacial score (nSPS) is 28.7. The molecule has 158 valence electrons. The summed E-state index contributed by atoms with van der Waals surface area (Å²) in [6.07, 6.45) is 8.31. The van der Waals surface area contributed by atoms with Crippen LogP contribution in [-0.2, 0) is 12.5 Å². The van der Waals surface area contributed by atoms with Crippen molar-refractivity contribution in [3.63, 3.8) is 0 Å². The smallest absolute Gasteiger partial charge is 0.276 e. The Kier molecular flexibility index (Phi) is 4.11. The van der Waals surface area contributed by atoms with Crippen LogP contribution in [0.1, 0.15) is 54.6 Å². The van der Waals surface area contributed by atoms with E-state index in [2.05, 4.69) is 22.5 Å². The first-order valence-corrected chi connectivity index (χ1v) is 11.4. The lowest BCUT2D eigenvalue weighted by Gasteiger charge is -2.57. The Bertz CT molecular complexity index is 1210. The van der Waals surface area contributed by atoms with Crippen molar-refractivity contribution in [1.82, 2.24) is 9.78 Å². The molecule has 4 bridgehead atoms. The zero-order chi connectivity index (χ0) is 21.2. The van der Waals surface area contributed by atoms with Crippen LogP contribution in [0.5, 0.6) is 0 Å². The van der Waals surface area contributed by atoms with Crippen molar-refractivity contribution in [2.75, 3.05) is 5.32 Å². The van der Waals surface area contributed by atoms with E-state index in [1.54, 1.807) is 25.2 Å². The summed E-state index contributed by atoms with van der Waals surface area (Å²) in [7, 11) is 1.58. The molecule has 1 aromatic heterocycles. The van der Waals surface area contributed by atoms with Crippen molar-refractivity contribution in [3.8, 4) is 0 Å². The van der Waals surface area contributed by atoms with Gasteiger partial charge in [-0.15, -0.1) is 0 Å². The molecular formula is C26H27N3O2. The highest BCUT2D eigenvalue weighted by Crippen LogP contribution is 2.60. The number of rotatable bonds is 3. The van der Waals surface area contributed by atoms with E-state index in [4.69, 9.17) is 0 Å². The Morgan fingerprint density at radius 2 is 1.52 bits per heavy atom. The number of benzene rings is 2. The van der Waals surface area contributed by atoms with E-state index in [0.717, 1.165) is 23.4 Å². The average molecular weight is 414 g/mol. The first-order chi connectivity index (χ1) is 15.0. The fourth-order valence-corrected chi connectivity index (χ4v) is 7.03. The van der Waals surface area contributed by atoms with E-state index in [-0.39, 0.29) is 17.2 Å². The van der Waals surface area contributed by atoms with Gasteiger partial charge in [0.15, 0.2) is 5.69 Å². The van der Waals surface area contributed by atoms with Crippen LogP contribution in [0.25, 0.3) is 10.8 Å². The Morgan fingerprint density at radius 1 is 0.935 bits per heavy atom. The van der Waals surface area contributed by atoms with Crippen LogP contribution < -0.4 is 10.9 Å². The number of nitrogens with one attached hydrogen (secondary N) is 1. The van der Waals surface area contributed by atoms with E-state index < -0.39 is 0 Å². The fourth-order valence-electron chi connectivity index (χ4n) is 7.03. The van der Waals surface area contributed by atoms with Gasteiger partial charge in [-0.25, -0.2) is 4.68 Å². The van der Waals surface area contributed by atoms with Crippen molar-refractivity contribution >= 4 is 22.4 Å². The molecule has 0 radical (unpaired) electrons. The summed E-state index contributed by atoms with van der Waals surface area (Å²) in [5, 5.41) is 8.29. The standard InChI is InChI=1S/C26H27N3O2/c1-29-25(31)22-5-3-2-4-21(22)23(28-29)24(30)27-20-8-6-19(7-9-20)26-13-16-10-17(14-26)12-18(11-16)15-26/h2-9,16-18H,10-15H2,1H3,(H,27,30). The predicted octanol–water partition coefficient (Wildman–Crippen LogP) is 4.65. The molecule has 0 atom stereocenters. The number of anilines is 1. The molecule has 31 heavy (non-hydrogen) atoms. The maximum absolute atomic E-state index is 13.0. The maximum Gasteiger partial charge on any atom is 0.276 e. The highest BCUT2D eigenvalue weighted by Gasteiger charge is 2.51. The largest absolute Gasteiger partial charge is 0.321 e. The van der Waals surface area contributed by atoms with Gasteiger partial charge < -0.3 is 5.32 Å². The van der Waals surface area contributed by atoms with Gasteiger partial charge in [-0.1, -0.05) is 30.3 Å². The molecule has 0 saturated heterocycles. The second-order valence-electron chi connectivity index (χ2n) is 10.1. The quantitative estimate of drug-likeness (QED) is 0.680. The van der Waals surface area contributed by atoms with Gasteiger partial charge in [0.2, 0.25) is 0 Å². The van der Waals surface area contributed by atoms with Crippen LogP contribution in [0.2, 0.25) is 0 Å². The zero-order valence-corrected chi connectivity index (χ0v) is 17.8. The molecule has 0 spiro atoms. The molecular weight excluding hydrogens is 386 g/mol. The Hall–Kier alpha value is -2.95. The second-order valence-corrected chi connectivity index (χ2v) is 10.1. The summed E-state index contributed by atoms with van der Waals surface area (Å²) >= 11 is 0. The first-order valence-electron chi connectivity index (χ1n) is 11.4. The van der Waals surface area contributed by atoms with E-state index in [1.165, 1.54) is 48.8 Å². The number of aromatic nitrogens is 2. The molecule has 5 heteroatoms. The summed E-state index contributed by atoms with van der Waals surface area (Å²) in [6, 6.07) is 15.6. The minimum Gasteiger partial charge on any atom is -0.321 e. The maximum atomic E-state index is 13.0. The number of carbonyl (C=O) groups excluding carboxylic acids is 1. The van der Waals surface area contributed by atoms with Crippen molar-refractivity contribution in [3.05, 3.63) is 70.1 Å². The minimum atomic E-state index is -0.297. The second kappa shape index (κ2) is 6.78. The predicted molar refractivity (Wildman–Crippen MR) is 121 cm³/mol. The van der Waals surface area contributed by atoms with E-state index in [1.807, 2.05) is 18.2 Å². The number of hydrogen-bond donors (Lipinski definition) is 1. The van der Waals surface area contributed by atoms with Crippen LogP contribution in [0.3, 0.4) is 0 Å². The zero-order valence-electron chi connectivity index (χ0n) is 17.8. The van der Waals surface area contributed by atoms with Gasteiger partial charge in [0.05, 0.1) is 5.39 Å². The van der Waals surface area contributed by atoms with Crippen LogP contribution in [0, 0.1) is 17.8 Å². The van der Waals surface area contributed by atoms with Gasteiger partial charge in [-0.05, 0) is 85.5 Å². The third kappa shape index (κ3) is 3.01. The van der Waals surface area contributed by atoms with Crippen LogP contribution >= 0.6 is 0 Å². The number of hydrogen-bond acceptors (Lipinski definition) is 3. The summed E-state index contributed by atoms with van der Waals surface area (Å²) < 4.78 is 1.23. The lowest BCUT2D eigenvalue weighted by Crippen LogP contribution is -2.48. The van der Waals surface area contributed by atoms with Gasteiger partial charge >= 0.3 is 0 Å². The number of amides is 1. The van der Waals surface area contributed by atoms with Gasteiger partial charge in [-0.3, -0.25) is 9.59 Å². The number of nitrogens with zero attached hydrogens (tertiary/aromatic N) is 2. The minimum absolute atomic E-state index is 0.202. The molecule has 1 N–H and O–H groups in total. The molecule has 4 aliphatic carbocycles. The van der Waals surface area contributed by atoms with Crippen molar-refractivity contribution < 1.29 is 4.79 Å². The molecule has 0 aliphatic heterocycles. The van der Waals surface area contributed by atoms with Gasteiger partial charge in [0.1, 0.15) is 0 Å². The molecule has 0 unspecified atom stereocenters. The molecule has 4 aliphatic rings. The lowest BCUT2D eigenvalue weighted by atomic mass is 9.48. The van der Waals surface area contributed by atoms with Crippen LogP contribution in [-0.4, -0.2) is 15.7 Å². The topological polar surface area (TPSA) is 64.0 Å². The average Bonchev–Trinajstić information content (AvgIpc) is 2.76. The Labute approximate surface area is 181 Å². The summed E-state index contributed by atoms with van der Waals surface area (Å²) in [4.78, 5) is 25.3. The first kappa shape index (κ1) is 18.8. The van der Waals surface area contributed by atoms with Crippen molar-refractivity contribution in [2.24, 2.45) is 24.8 Å². The monoisotopic (exact) mass is 413 g/mol. The third-order valence-corrected chi connectivity index (χ3v) is 7.96. The van der Waals surface area contributed by atoms with Crippen molar-refractivity contribution in [2.45, 2.75) is 43.9 Å². The summed E-state index contributed by atoms with van der Waals surface area (Å²) in [5.41, 5.74) is 2.62. The van der Waals surface area contributed by atoms with Crippen LogP contribution in [0.4, 0.5) is 5.69 Å². The Balaban J connectivity index is 1.27. The Morgan fingerprint density at radius 3 is 2.13 bits per heavy atom. The molecule has 4 saturated carbocycles. The summed E-state index contributed by atoms with van der Waals surface area (Å²) in [5.74, 6) is 2.44. The van der Waals surface area contributed by atoms with Gasteiger partial charge in [-0.2, -0.15) is 5.10 Å². The highest BCUT2D eigenvalue weighted by molar-refractivity contribution is 6.11. The third-order valence-electron chi connectivity index (χ3n) is 7.96. The molecule has 1 heterocycles. The van der Waals surface area contributed by atoms with E-state index in [9.17, 15) is 9.59 Å². The number of carbonyl (C=O) groups is 1. The molecule has 3 aromatic rings. The fraction of sp³-hybridized carbons (Fsp3) is 0.423. The molecule has 5 nitrogen and oxygen atoms in total. The molecule has 7 rings (SSSR count). The van der Waals surface area contributed by atoms with E-state index >= 15 is 0 Å². The van der Waals surface area contributed by atoms with Crippen LogP contribution in [0.15, 0.2) is 53.3 Å². The number of aryl methyl sites for hydroxylation is 1. The highest BCUT2D eigenvalue weighted by atomic mass is 16.2. The molecule has 2 aromatic carbocycles. The summed E-state index contributed by atoms with van der Waals surface area (Å²) in [6.45, 7) is 0. The van der Waals surface area contributed by atoms with E-state index in [0.29, 0.717) is 16.2 Å². The molecule has 4 fully saturated rings. The van der Waals surface area contributed by atoms with Gasteiger partial charge in [0.25, 0.3) is 11.5 Å². The molecule has 1 amide bonds. The SMILES string of the molecule is Cn1nc(C(=O)Nc2ccc(C34CC5CC(CC(C5)C3)C4)cc2)c2ccccc2c1=O.